The molecule has 0 bridgehead atoms. The van der Waals surface area contributed by atoms with Crippen molar-refractivity contribution in [2.24, 2.45) is 0 Å². The molecule has 74 valence electrons. The largest absolute Gasteiger partial charge is 0.466 e. The zero-order valence-electron chi connectivity index (χ0n) is 8.21. The smallest absolute Gasteiger partial charge is 0.303 e. The van der Waals surface area contributed by atoms with Crippen molar-refractivity contribution in [1.82, 2.24) is 0 Å². The first-order chi connectivity index (χ1) is 6.33. The van der Waals surface area contributed by atoms with Gasteiger partial charge in [0.25, 0.3) is 0 Å². The van der Waals surface area contributed by atoms with Crippen LogP contribution in [-0.2, 0) is 11.0 Å². The van der Waals surface area contributed by atoms with Gasteiger partial charge in [0.2, 0.25) is 0 Å². The average Bonchev–Trinajstić information content (AvgIpc) is 2.03. The van der Waals surface area contributed by atoms with Gasteiger partial charge in [-0.1, -0.05) is 0 Å². The van der Waals surface area contributed by atoms with Crippen LogP contribution >= 0.6 is 7.82 Å². The van der Waals surface area contributed by atoms with Gasteiger partial charge >= 0.3 is 81.7 Å². The third-order valence-corrected chi connectivity index (χ3v) is 2.20. The molecule has 0 aliphatic heterocycles. The van der Waals surface area contributed by atoms with Crippen LogP contribution in [0.15, 0.2) is 24.3 Å². The molecule has 0 atom stereocenters. The van der Waals surface area contributed by atoms with Gasteiger partial charge < -0.3 is 14.7 Å². The van der Waals surface area contributed by atoms with Gasteiger partial charge in [-0.25, -0.2) is 4.57 Å². The number of hydrogen-bond donors (Lipinski definition) is 3. The number of phosphoric acid groups is 1. The summed E-state index contributed by atoms with van der Waals surface area (Å²) in [5.41, 5.74) is 1.44. The van der Waals surface area contributed by atoms with E-state index in [1.807, 2.05) is 0 Å². The zero-order chi connectivity index (χ0) is 11.2. The van der Waals surface area contributed by atoms with Crippen molar-refractivity contribution in [2.75, 3.05) is 0 Å². The average molecular weight is 226 g/mol. The van der Waals surface area contributed by atoms with Gasteiger partial charge in [-0.05, 0) is 0 Å². The minimum Gasteiger partial charge on any atom is -0.303 e. The van der Waals surface area contributed by atoms with Crippen molar-refractivity contribution < 1.29 is 19.2 Å². The predicted octanol–water partition coefficient (Wildman–Crippen LogP) is 0.114. The Bertz CT molecular complexity index is 297. The Kier molecular flexibility index (Phi) is 6.91. The van der Waals surface area contributed by atoms with Crippen LogP contribution in [0.2, 0.25) is 0 Å². The van der Waals surface area contributed by atoms with E-state index in [4.69, 9.17) is 19.2 Å². The van der Waals surface area contributed by atoms with E-state index < -0.39 is 7.82 Å². The van der Waals surface area contributed by atoms with Crippen LogP contribution < -0.4 is 2.81 Å². The van der Waals surface area contributed by atoms with E-state index in [0.717, 1.165) is 6.42 Å². The number of aryl methyl sites for hydroxylation is 1. The molecule has 0 aromatic heterocycles. The van der Waals surface area contributed by atoms with Gasteiger partial charge in [0.05, 0.1) is 0 Å². The monoisotopic (exact) mass is 226 g/mol. The fraction of sp³-hybridized carbons (Fsp3) is 0.250. The summed E-state index contributed by atoms with van der Waals surface area (Å²) in [5, 5.41) is 0. The van der Waals surface area contributed by atoms with E-state index in [1.54, 1.807) is 0 Å². The molecule has 6 heteroatoms. The molecule has 1 aromatic rings. The molecule has 0 heterocycles. The predicted molar refractivity (Wildman–Crippen MR) is 55.5 cm³/mol. The fourth-order valence-corrected chi connectivity index (χ4v) is 1.16. The summed E-state index contributed by atoms with van der Waals surface area (Å²) in [6.07, 6.45) is 1.15. The minimum absolute atomic E-state index is 1.15. The van der Waals surface area contributed by atoms with Crippen LogP contribution in [0.25, 0.3) is 0 Å². The summed E-state index contributed by atoms with van der Waals surface area (Å²) in [4.78, 5) is 21.6. The van der Waals surface area contributed by atoms with Crippen molar-refractivity contribution in [2.45, 2.75) is 13.3 Å². The molecule has 14 heavy (non-hydrogen) atoms. The second kappa shape index (κ2) is 6.75. The van der Waals surface area contributed by atoms with Gasteiger partial charge in [0.15, 0.2) is 0 Å². The van der Waals surface area contributed by atoms with Crippen molar-refractivity contribution >= 4 is 38.6 Å². The van der Waals surface area contributed by atoms with E-state index in [0.29, 0.717) is 0 Å². The van der Waals surface area contributed by atoms with Crippen LogP contribution in [0, 0.1) is 0 Å². The van der Waals surface area contributed by atoms with E-state index >= 15 is 0 Å². The Hall–Kier alpha value is 0.330. The topological polar surface area (TPSA) is 77.8 Å². The molecular formula is C8H12NaO4P. The Morgan fingerprint density at radius 1 is 1.21 bits per heavy atom. The Morgan fingerprint density at radius 2 is 1.57 bits per heavy atom. The molecule has 0 aliphatic carbocycles. The van der Waals surface area contributed by atoms with Crippen molar-refractivity contribution in [3.05, 3.63) is 29.8 Å². The summed E-state index contributed by atoms with van der Waals surface area (Å²) in [5.74, 6) is 0. The summed E-state index contributed by atoms with van der Waals surface area (Å²) >= 11 is 1.17. The van der Waals surface area contributed by atoms with E-state index in [-0.39, 0.29) is 0 Å². The number of benzene rings is 1. The summed E-state index contributed by atoms with van der Waals surface area (Å²) in [6.45, 7) is 2.18. The quantitative estimate of drug-likeness (QED) is 0.469. The van der Waals surface area contributed by atoms with Crippen LogP contribution in [0.5, 0.6) is 0 Å². The first-order valence-electron chi connectivity index (χ1n) is 4.16. The normalized spacial score (nSPS) is 10.4. The van der Waals surface area contributed by atoms with Gasteiger partial charge in [-0.15, -0.1) is 0 Å². The van der Waals surface area contributed by atoms with E-state index in [2.05, 4.69) is 31.2 Å². The third kappa shape index (κ3) is 10.4. The molecule has 0 aliphatic rings. The van der Waals surface area contributed by atoms with Gasteiger partial charge in [-0.3, -0.25) is 0 Å². The molecule has 0 saturated carbocycles. The Labute approximate surface area is 101 Å². The Balaban J connectivity index is 0.000000292. The second-order valence-corrected chi connectivity index (χ2v) is 5.03. The molecule has 0 amide bonds. The molecule has 0 spiro atoms. The molecule has 3 N–H and O–H groups in total. The number of hydrogen-bond acceptors (Lipinski definition) is 1. The fourth-order valence-electron chi connectivity index (χ4n) is 0.824. The molecule has 0 radical (unpaired) electrons. The third-order valence-electron chi connectivity index (χ3n) is 1.53. The van der Waals surface area contributed by atoms with E-state index in [9.17, 15) is 0 Å². The second-order valence-electron chi connectivity index (χ2n) is 2.85. The van der Waals surface area contributed by atoms with Gasteiger partial charge in [-0.2, -0.15) is 0 Å². The summed E-state index contributed by atoms with van der Waals surface area (Å²) < 4.78 is 10.4. The van der Waals surface area contributed by atoms with Crippen LogP contribution in [0.3, 0.4) is 0 Å². The Morgan fingerprint density at radius 3 is 1.86 bits per heavy atom. The summed E-state index contributed by atoms with van der Waals surface area (Å²) in [6, 6.07) is 8.85. The van der Waals surface area contributed by atoms with Gasteiger partial charge in [0, 0.05) is 0 Å². The standard InChI is InChI=1S/C8H9.Na.H3O4P/c1-2-8-6-4-3-5-7-8;;1-5(2,3)4/h4-7H,2H2,1H3;;(H3,1,2,3,4). The molecule has 0 unspecified atom stereocenters. The van der Waals surface area contributed by atoms with Crippen LogP contribution in [0.4, 0.5) is 0 Å². The minimum atomic E-state index is -4.64. The molecular weight excluding hydrogens is 214 g/mol. The maximum absolute atomic E-state index is 8.88. The molecule has 1 rings (SSSR count). The SMILES string of the molecule is CCc1cc[c]([Na])cc1.O=P(O)(O)O. The molecule has 4 nitrogen and oxygen atoms in total. The molecule has 0 fully saturated rings. The van der Waals surface area contributed by atoms with Crippen molar-refractivity contribution in [3.63, 3.8) is 0 Å². The maximum atomic E-state index is 8.88. The molecule has 1 aromatic carbocycles. The summed E-state index contributed by atoms with van der Waals surface area (Å²) in [7, 11) is -4.64. The molecule has 0 saturated heterocycles. The van der Waals surface area contributed by atoms with Crippen LogP contribution in [-0.4, -0.2) is 42.6 Å². The number of rotatable bonds is 1. The van der Waals surface area contributed by atoms with Crippen molar-refractivity contribution in [1.29, 1.82) is 0 Å². The van der Waals surface area contributed by atoms with Crippen LogP contribution in [0.1, 0.15) is 12.5 Å². The first-order valence-corrected chi connectivity index (χ1v) is 6.73. The maximum Gasteiger partial charge on any atom is 0.466 e. The first kappa shape index (κ1) is 14.3. The van der Waals surface area contributed by atoms with Gasteiger partial charge in [0.1, 0.15) is 0 Å². The zero-order valence-corrected chi connectivity index (χ0v) is 11.1. The van der Waals surface area contributed by atoms with Crippen molar-refractivity contribution in [3.8, 4) is 0 Å². The van der Waals surface area contributed by atoms with E-state index in [1.165, 1.54) is 36.3 Å².